The minimum atomic E-state index is -2.30. The van der Waals surface area contributed by atoms with E-state index < -0.39 is 87.1 Å². The molecule has 4 aromatic heterocycles. The molecule has 28 heteroatoms. The molecule has 1 saturated carbocycles. The lowest BCUT2D eigenvalue weighted by Crippen LogP contribution is -2.81. The van der Waals surface area contributed by atoms with Crippen molar-refractivity contribution in [1.29, 1.82) is 0 Å². The Morgan fingerprint density at radius 3 is 2.29 bits per heavy atom. The van der Waals surface area contributed by atoms with Crippen LogP contribution in [0.25, 0.3) is 28.0 Å². The van der Waals surface area contributed by atoms with E-state index >= 15 is 4.79 Å². The van der Waals surface area contributed by atoms with Crippen LogP contribution >= 0.6 is 22.7 Å². The van der Waals surface area contributed by atoms with Crippen molar-refractivity contribution in [3.63, 3.8) is 0 Å². The smallest absolute Gasteiger partial charge is 0.413 e. The fraction of sp³-hybridized carbons (Fsp3) is 0.552. The monoisotopic (exact) mass is 1620 g/mol. The Hall–Kier alpha value is -8.71. The number of anilines is 2. The number of Topliss-reactive ketones (excluding diaryl/α,β-unsaturated/α-hetero) is 1. The van der Waals surface area contributed by atoms with E-state index in [0.717, 1.165) is 68.9 Å². The molecule has 7 aromatic rings. The predicted molar refractivity (Wildman–Crippen MR) is 440 cm³/mol. The van der Waals surface area contributed by atoms with Crippen LogP contribution in [0.2, 0.25) is 0 Å². The number of thiazole rings is 1. The highest BCUT2D eigenvalue weighted by atomic mass is 32.1. The standard InChI is InChI=1S/C46H58N4O9.C27H42N2O5S.C14H11N3O3S/c1-8-42(54)23-28-24-45(40(52)57-6,36-30(15-19-49(25-28)26-42)29-13-10-11-14-33(29)47-36)32-21-31-34(22-35(32)56-5)48(4)38-44(31)17-20-50-18-12-16-43(9-2,37(44)50)39(59-27(3)51)46(38,55)41(53)58-7;1-15-9-8-10-27(7)22(34-27)12-20(16(2)11-19-14-35-18(4)28-19)29-23(31)13-21(30)26(5,6)25(33)17(3)24(15)32;1-20-14(19)17-13-15-9-5-4-8(7-10(9)16-13)12(18)11-3-2-6-21-11/h10-14,16,21-22,28,37-39,47,54-55H,8-9,15,17-20,23-26H2,1-7H3;11,14-15,17,20-22,24,30,32H,8-10,12-13H2,1-7H3,(H,29,31);2-7H,1H3,(H2,15,16,17,19)/b;16-11+;/t28-,37+,38-,39-,42+,43-,44-,45+,46+;15-,17+,20-,21-,22-,24-,27+;/m10./s1. The van der Waals surface area contributed by atoms with Gasteiger partial charge in [-0.1, -0.05) is 84.4 Å². The third kappa shape index (κ3) is 15.2. The second-order valence-corrected chi connectivity index (χ2v) is 35.8. The number of H-pyrrole nitrogens is 2. The Kier molecular flexibility index (Phi) is 23.9. The molecule has 1 spiro atoms. The molecule has 618 valence electrons. The molecule has 0 radical (unpaired) electrons. The zero-order valence-corrected chi connectivity index (χ0v) is 70.1. The SMILES string of the molecule is C/C(=C\c1csc(C)n1)[C@@H]1C[C@@H]2O[C@]2(C)CCC[C@H](C)[C@H](O)[C@@H](C)C(=O)C(C)(C)[C@@H](O)CC(O)=N1.CC[C@]1(O)C[C@H]2CN(CCc3c([nH]c4ccccc34)[C@@](C(=O)OC)(c3cc4c(cc3OC)N(C)[C@H]3[C@@](O)(C(=O)OC)[C@H](OC(C)=O)[C@]5(CC)C=CCN6CC[C@]43[C@@H]65)C2)C1.COC(=O)Nc1nc2ccc(C(=O)c3cccs3)cc2[nH]1. The minimum Gasteiger partial charge on any atom is -0.497 e. The fourth-order valence-corrected chi connectivity index (χ4v) is 21.8. The van der Waals surface area contributed by atoms with Crippen LogP contribution < -0.4 is 15.0 Å². The topological polar surface area (TPSA) is 354 Å². The zero-order chi connectivity index (χ0) is 82.8. The van der Waals surface area contributed by atoms with Gasteiger partial charge >= 0.3 is 24.0 Å². The summed E-state index contributed by atoms with van der Waals surface area (Å²) >= 11 is 2.98. The molecule has 7 aliphatic heterocycles. The van der Waals surface area contributed by atoms with Gasteiger partial charge in [0.05, 0.1) is 108 Å². The number of piperidine rings is 1. The van der Waals surface area contributed by atoms with Gasteiger partial charge in [0.1, 0.15) is 16.9 Å². The predicted octanol–water partition coefficient (Wildman–Crippen LogP) is 11.9. The van der Waals surface area contributed by atoms with Crippen LogP contribution in [0.5, 0.6) is 5.75 Å². The fourth-order valence-electron chi connectivity index (χ4n) is 20.5. The molecule has 15 rings (SSSR count). The number of fused-ring (bicyclic) bond motifs is 8. The van der Waals surface area contributed by atoms with Gasteiger partial charge in [0, 0.05) is 114 Å². The minimum absolute atomic E-state index is 0.0135. The number of epoxide rings is 1. The Morgan fingerprint density at radius 1 is 0.852 bits per heavy atom. The molecule has 1 aliphatic carbocycles. The number of carbonyl (C=O) groups is 6. The number of aromatic nitrogens is 4. The van der Waals surface area contributed by atoms with Gasteiger partial charge in [-0.25, -0.2) is 24.5 Å². The van der Waals surface area contributed by atoms with E-state index in [9.17, 15) is 49.5 Å². The number of aryl methyl sites for hydroxylation is 1. The average Bonchev–Trinajstić information content (AvgIpc) is 1.49. The first-order valence-electron chi connectivity index (χ1n) is 40.0. The maximum Gasteiger partial charge on any atom is 0.413 e. The van der Waals surface area contributed by atoms with E-state index in [2.05, 4.69) is 76.0 Å². The number of imidazole rings is 1. The summed E-state index contributed by atoms with van der Waals surface area (Å²) in [5.74, 6) is -2.41. The van der Waals surface area contributed by atoms with Gasteiger partial charge in [0.25, 0.3) is 0 Å². The lowest BCUT2D eigenvalue weighted by molar-refractivity contribution is -0.228. The number of carbonyl (C=O) groups excluding carboxylic acids is 6. The van der Waals surface area contributed by atoms with Crippen molar-refractivity contribution >= 4 is 104 Å². The third-order valence-electron chi connectivity index (χ3n) is 26.5. The van der Waals surface area contributed by atoms with Gasteiger partial charge in [-0.05, 0) is 155 Å². The number of aromatic amines is 2. The number of thiophene rings is 1. The molecule has 8 aliphatic rings. The summed E-state index contributed by atoms with van der Waals surface area (Å²) in [4.78, 5) is 107. The summed E-state index contributed by atoms with van der Waals surface area (Å²) < 4.78 is 34.5. The number of esters is 3. The number of aliphatic imine (C=N–C) groups is 1. The van der Waals surface area contributed by atoms with Crippen molar-refractivity contribution in [3.05, 3.63) is 139 Å². The summed E-state index contributed by atoms with van der Waals surface area (Å²) in [6.07, 6.45) is 8.41. The first-order valence-corrected chi connectivity index (χ1v) is 41.8. The maximum atomic E-state index is 15.3. The number of nitrogens with one attached hydrogen (secondary N) is 3. The molecule has 8 N–H and O–H groups in total. The van der Waals surface area contributed by atoms with Crippen molar-refractivity contribution in [2.45, 2.75) is 210 Å². The van der Waals surface area contributed by atoms with Crippen LogP contribution in [0.4, 0.5) is 16.4 Å². The highest BCUT2D eigenvalue weighted by Gasteiger charge is 2.80. The van der Waals surface area contributed by atoms with Gasteiger partial charge in [-0.3, -0.25) is 34.3 Å². The van der Waals surface area contributed by atoms with Gasteiger partial charge in [-0.15, -0.1) is 22.7 Å². The van der Waals surface area contributed by atoms with E-state index in [4.69, 9.17) is 23.7 Å². The molecule has 26 nitrogen and oxygen atoms in total. The molecule has 1 unspecified atom stereocenters. The van der Waals surface area contributed by atoms with Gasteiger partial charge in [0.2, 0.25) is 17.3 Å². The number of para-hydroxylation sites is 1. The summed E-state index contributed by atoms with van der Waals surface area (Å²) in [6, 6.07) is 19.4. The molecule has 1 amide bonds. The number of hydrogen-bond donors (Lipinski definition) is 8. The second-order valence-electron chi connectivity index (χ2n) is 33.8. The van der Waals surface area contributed by atoms with Crippen molar-refractivity contribution in [2.75, 3.05) is 78.4 Å². The lowest BCUT2D eigenvalue weighted by Gasteiger charge is -2.63. The lowest BCUT2D eigenvalue weighted by atomic mass is 9.47. The molecule has 17 atom stereocenters. The third-order valence-corrected chi connectivity index (χ3v) is 28.2. The van der Waals surface area contributed by atoms with E-state index in [1.807, 2.05) is 93.7 Å². The largest absolute Gasteiger partial charge is 0.497 e. The highest BCUT2D eigenvalue weighted by molar-refractivity contribution is 7.12. The summed E-state index contributed by atoms with van der Waals surface area (Å²) in [7, 11) is 7.43. The number of ketones is 2. The van der Waals surface area contributed by atoms with Crippen LogP contribution in [0.15, 0.2) is 100 Å². The number of nitrogens with zero attached hydrogens (tertiary/aromatic N) is 6. The van der Waals surface area contributed by atoms with Crippen molar-refractivity contribution < 1.29 is 82.7 Å². The number of rotatable bonds is 12. The molecule has 11 heterocycles. The summed E-state index contributed by atoms with van der Waals surface area (Å²) in [5, 5.41) is 66.2. The van der Waals surface area contributed by atoms with Crippen molar-refractivity contribution in [1.82, 2.24) is 29.7 Å². The number of hydrogen-bond acceptors (Lipinski definition) is 24. The van der Waals surface area contributed by atoms with E-state index in [0.29, 0.717) is 110 Å². The second kappa shape index (κ2) is 32.6. The molecule has 2 bridgehead atoms. The molecule has 3 aromatic carbocycles. The number of aliphatic hydroxyl groups is 5. The van der Waals surface area contributed by atoms with Crippen molar-refractivity contribution in [3.8, 4) is 5.75 Å². The number of aliphatic hydroxyl groups excluding tert-OH is 3. The van der Waals surface area contributed by atoms with E-state index in [1.54, 1.807) is 63.5 Å². The van der Waals surface area contributed by atoms with Gasteiger partial charge < -0.3 is 68.8 Å². The molecular weight excluding hydrogens is 1510 g/mol. The average molecular weight is 1620 g/mol. The highest BCUT2D eigenvalue weighted by Crippen LogP contribution is 2.68. The van der Waals surface area contributed by atoms with Crippen LogP contribution in [0, 0.1) is 35.5 Å². The number of methoxy groups -OCH3 is 4. The van der Waals surface area contributed by atoms with E-state index in [1.165, 1.54) is 39.6 Å². The van der Waals surface area contributed by atoms with Crippen LogP contribution in [-0.4, -0.2) is 224 Å². The first kappa shape index (κ1) is 84.2. The van der Waals surface area contributed by atoms with E-state index in [-0.39, 0.29) is 65.5 Å². The quantitative estimate of drug-likeness (QED) is 0.0185. The first-order chi connectivity index (χ1) is 54.6. The van der Waals surface area contributed by atoms with Crippen molar-refractivity contribution in [2.24, 2.45) is 33.6 Å². The number of benzene rings is 3. The molecule has 4 fully saturated rings. The van der Waals surface area contributed by atoms with Crippen LogP contribution in [-0.2, 0) is 60.1 Å². The number of ether oxygens (including phenoxy) is 6. The van der Waals surface area contributed by atoms with Gasteiger partial charge in [-0.2, -0.15) is 0 Å². The normalized spacial score (nSPS) is 32.3. The zero-order valence-electron chi connectivity index (χ0n) is 68.5. The molecule has 115 heavy (non-hydrogen) atoms. The molecular formula is C87H111N9O17S2. The Balaban J connectivity index is 0.000000173. The number of likely N-dealkylation sites (N-methyl/N-ethyl adjacent to an activating group) is 1. The summed E-state index contributed by atoms with van der Waals surface area (Å²) in [5.41, 5.74) is 0.685. The Morgan fingerprint density at radius 2 is 1.61 bits per heavy atom. The Labute approximate surface area is 679 Å². The van der Waals surface area contributed by atoms with Crippen LogP contribution in [0.1, 0.15) is 175 Å². The molecule has 3 saturated heterocycles. The Bertz CT molecular complexity index is 4930. The number of amides is 1. The van der Waals surface area contributed by atoms with Gasteiger partial charge in [0.15, 0.2) is 12.0 Å². The maximum absolute atomic E-state index is 15.3. The summed E-state index contributed by atoms with van der Waals surface area (Å²) in [6.45, 7) is 21.7. The van der Waals surface area contributed by atoms with Crippen LogP contribution in [0.3, 0.4) is 0 Å².